The summed E-state index contributed by atoms with van der Waals surface area (Å²) in [5, 5.41) is 5.65. The second kappa shape index (κ2) is 12.6. The first-order valence-corrected chi connectivity index (χ1v) is 15.1. The minimum atomic E-state index is -0.569. The highest BCUT2D eigenvalue weighted by atomic mass is 16.5. The van der Waals surface area contributed by atoms with E-state index in [9.17, 15) is 14.4 Å². The van der Waals surface area contributed by atoms with Crippen molar-refractivity contribution in [1.82, 2.24) is 15.5 Å². The molecule has 1 aliphatic carbocycles. The summed E-state index contributed by atoms with van der Waals surface area (Å²) >= 11 is 0. The Morgan fingerprint density at radius 2 is 1.71 bits per heavy atom. The van der Waals surface area contributed by atoms with Gasteiger partial charge in [-0.2, -0.15) is 0 Å². The van der Waals surface area contributed by atoms with Crippen LogP contribution >= 0.6 is 0 Å². The first-order chi connectivity index (χ1) is 20.0. The minimum absolute atomic E-state index is 0.145. The molecule has 2 N–H and O–H groups in total. The number of hydrogen-bond donors (Lipinski definition) is 2. The number of carbonyl (C=O) groups is 3. The molecule has 1 unspecified atom stereocenters. The van der Waals surface area contributed by atoms with Gasteiger partial charge < -0.3 is 24.6 Å². The predicted molar refractivity (Wildman–Crippen MR) is 155 cm³/mol. The third kappa shape index (κ3) is 6.41. The number of carbonyl (C=O) groups excluding carboxylic acids is 3. The number of amides is 3. The van der Waals surface area contributed by atoms with Crippen LogP contribution in [0.2, 0.25) is 0 Å². The van der Waals surface area contributed by atoms with Crippen LogP contribution in [0.3, 0.4) is 0 Å². The van der Waals surface area contributed by atoms with E-state index in [4.69, 9.17) is 9.47 Å². The lowest BCUT2D eigenvalue weighted by Crippen LogP contribution is -2.52. The van der Waals surface area contributed by atoms with Crippen molar-refractivity contribution in [3.63, 3.8) is 0 Å². The lowest BCUT2D eigenvalue weighted by Gasteiger charge is -2.31. The third-order valence-electron chi connectivity index (χ3n) is 8.85. The van der Waals surface area contributed by atoms with E-state index >= 15 is 0 Å². The van der Waals surface area contributed by atoms with E-state index in [1.54, 1.807) is 11.0 Å². The summed E-state index contributed by atoms with van der Waals surface area (Å²) in [6.07, 6.45) is 6.77. The predicted octanol–water partition coefficient (Wildman–Crippen LogP) is 3.37. The molecule has 9 nitrogen and oxygen atoms in total. The molecule has 0 bridgehead atoms. The second-order valence-electron chi connectivity index (χ2n) is 11.6. The van der Waals surface area contributed by atoms with Gasteiger partial charge in [0.15, 0.2) is 0 Å². The van der Waals surface area contributed by atoms with Crippen LogP contribution in [0.5, 0.6) is 5.75 Å². The quantitative estimate of drug-likeness (QED) is 0.541. The van der Waals surface area contributed by atoms with E-state index in [1.165, 1.54) is 30.5 Å². The van der Waals surface area contributed by atoms with Gasteiger partial charge in [0.2, 0.25) is 11.8 Å². The van der Waals surface area contributed by atoms with Gasteiger partial charge in [-0.1, -0.05) is 18.6 Å². The molecule has 4 aliphatic heterocycles. The Morgan fingerprint density at radius 3 is 2.44 bits per heavy atom. The van der Waals surface area contributed by atoms with Crippen LogP contribution in [0.1, 0.15) is 72.3 Å². The fourth-order valence-corrected chi connectivity index (χ4v) is 6.32. The van der Waals surface area contributed by atoms with E-state index in [1.807, 2.05) is 12.1 Å². The molecule has 5 aliphatic rings. The number of fused-ring (bicyclic) bond motifs is 1. The Morgan fingerprint density at radius 1 is 0.902 bits per heavy atom. The van der Waals surface area contributed by atoms with Gasteiger partial charge in [0.1, 0.15) is 11.8 Å². The highest BCUT2D eigenvalue weighted by Gasteiger charge is 2.39. The van der Waals surface area contributed by atoms with Crippen molar-refractivity contribution in [2.45, 2.75) is 69.6 Å². The monoisotopic (exact) mass is 560 g/mol. The van der Waals surface area contributed by atoms with E-state index in [-0.39, 0.29) is 30.2 Å². The molecule has 0 aromatic heterocycles. The molecule has 2 aromatic carbocycles. The Balaban J connectivity index is 0.000000162. The Labute approximate surface area is 241 Å². The summed E-state index contributed by atoms with van der Waals surface area (Å²) in [4.78, 5) is 40.0. The largest absolute Gasteiger partial charge is 0.490 e. The van der Waals surface area contributed by atoms with Gasteiger partial charge in [-0.3, -0.25) is 19.7 Å². The van der Waals surface area contributed by atoms with Gasteiger partial charge in [0.25, 0.3) is 5.91 Å². The minimum Gasteiger partial charge on any atom is -0.490 e. The summed E-state index contributed by atoms with van der Waals surface area (Å²) in [5.74, 6) is 0.725. The van der Waals surface area contributed by atoms with Gasteiger partial charge in [-0.15, -0.1) is 0 Å². The Hall–Kier alpha value is -3.43. The SMILES string of the molecule is O=C1CCC(N2Cc3cc(OC4CCCCC4)ccc3C2=O)C(=O)N1.c1cc(C2CNC2)cc(N2CCOCC2)c1. The molecule has 9 heteroatoms. The van der Waals surface area contributed by atoms with Gasteiger partial charge in [0.05, 0.1) is 19.3 Å². The zero-order valence-electron chi connectivity index (χ0n) is 23.6. The van der Waals surface area contributed by atoms with Crippen molar-refractivity contribution in [2.24, 2.45) is 0 Å². The van der Waals surface area contributed by atoms with Crippen molar-refractivity contribution in [3.8, 4) is 5.75 Å². The molecule has 3 saturated heterocycles. The number of hydrogen-bond acceptors (Lipinski definition) is 7. The molecule has 4 heterocycles. The first kappa shape index (κ1) is 27.7. The maximum absolute atomic E-state index is 12.6. The number of ether oxygens (including phenoxy) is 2. The average molecular weight is 561 g/mol. The molecule has 218 valence electrons. The van der Waals surface area contributed by atoms with Crippen LogP contribution in [0.4, 0.5) is 5.69 Å². The van der Waals surface area contributed by atoms with E-state index in [0.29, 0.717) is 18.5 Å². The fourth-order valence-electron chi connectivity index (χ4n) is 6.32. The molecule has 1 saturated carbocycles. The standard InChI is InChI=1S/C19H22N2O4.C13H18N2O/c22-17-9-8-16(18(23)20-17)21-11-12-10-14(6-7-15(12)19(21)24)25-13-4-2-1-3-5-13;1-2-11(12-9-14-10-12)8-13(3-1)15-4-6-16-7-5-15/h6-7,10,13,16H,1-5,8-9,11H2,(H,20,22,23);1-3,8,12,14H,4-7,9-10H2. The molecule has 3 amide bonds. The maximum Gasteiger partial charge on any atom is 0.255 e. The van der Waals surface area contributed by atoms with E-state index in [2.05, 4.69) is 39.8 Å². The number of benzene rings is 2. The number of rotatable bonds is 5. The van der Waals surface area contributed by atoms with Gasteiger partial charge in [0, 0.05) is 56.3 Å². The van der Waals surface area contributed by atoms with Crippen LogP contribution in [-0.4, -0.2) is 74.2 Å². The van der Waals surface area contributed by atoms with Gasteiger partial charge in [-0.05, 0) is 73.6 Å². The topological polar surface area (TPSA) is 100 Å². The molecule has 4 fully saturated rings. The van der Waals surface area contributed by atoms with Crippen molar-refractivity contribution in [3.05, 3.63) is 59.2 Å². The van der Waals surface area contributed by atoms with E-state index < -0.39 is 6.04 Å². The summed E-state index contributed by atoms with van der Waals surface area (Å²) in [6.45, 7) is 6.41. The van der Waals surface area contributed by atoms with Crippen LogP contribution in [0.15, 0.2) is 42.5 Å². The molecule has 0 spiro atoms. The lowest BCUT2D eigenvalue weighted by atomic mass is 9.93. The zero-order valence-corrected chi connectivity index (χ0v) is 23.6. The summed E-state index contributed by atoms with van der Waals surface area (Å²) in [7, 11) is 0. The summed E-state index contributed by atoms with van der Waals surface area (Å²) in [6, 6.07) is 14.0. The van der Waals surface area contributed by atoms with Crippen molar-refractivity contribution < 1.29 is 23.9 Å². The van der Waals surface area contributed by atoms with Gasteiger partial charge >= 0.3 is 0 Å². The highest BCUT2D eigenvalue weighted by molar-refractivity contribution is 6.05. The molecule has 2 aromatic rings. The summed E-state index contributed by atoms with van der Waals surface area (Å²) in [5.41, 5.74) is 4.35. The molecule has 41 heavy (non-hydrogen) atoms. The number of nitrogens with zero attached hydrogens (tertiary/aromatic N) is 2. The first-order valence-electron chi connectivity index (χ1n) is 15.1. The zero-order chi connectivity index (χ0) is 28.2. The van der Waals surface area contributed by atoms with Crippen LogP contribution < -0.4 is 20.3 Å². The van der Waals surface area contributed by atoms with Crippen molar-refractivity contribution in [2.75, 3.05) is 44.3 Å². The maximum atomic E-state index is 12.6. The van der Waals surface area contributed by atoms with Crippen LogP contribution in [0.25, 0.3) is 0 Å². The van der Waals surface area contributed by atoms with Crippen molar-refractivity contribution in [1.29, 1.82) is 0 Å². The second-order valence-corrected chi connectivity index (χ2v) is 11.6. The molecule has 0 radical (unpaired) electrons. The number of imide groups is 1. The molecular formula is C32H40N4O5. The number of nitrogens with one attached hydrogen (secondary N) is 2. The highest BCUT2D eigenvalue weighted by Crippen LogP contribution is 2.32. The average Bonchev–Trinajstić information content (AvgIpc) is 3.29. The van der Waals surface area contributed by atoms with E-state index in [0.717, 1.165) is 69.5 Å². The molecule has 1 atom stereocenters. The number of morpholine rings is 1. The smallest absolute Gasteiger partial charge is 0.255 e. The Bertz CT molecular complexity index is 1270. The summed E-state index contributed by atoms with van der Waals surface area (Å²) < 4.78 is 11.5. The Kier molecular flexibility index (Phi) is 8.53. The normalized spacial score (nSPS) is 23.3. The number of anilines is 1. The van der Waals surface area contributed by atoms with Crippen LogP contribution in [-0.2, 0) is 20.9 Å². The van der Waals surface area contributed by atoms with Crippen LogP contribution in [0, 0.1) is 0 Å². The lowest BCUT2D eigenvalue weighted by molar-refractivity contribution is -0.136. The molecule has 7 rings (SSSR count). The van der Waals surface area contributed by atoms with Crippen molar-refractivity contribution >= 4 is 23.4 Å². The fraction of sp³-hybridized carbons (Fsp3) is 0.531. The number of piperidine rings is 1. The van der Waals surface area contributed by atoms with Gasteiger partial charge in [-0.25, -0.2) is 0 Å². The molecular weight excluding hydrogens is 520 g/mol. The third-order valence-corrected chi connectivity index (χ3v) is 8.85.